The summed E-state index contributed by atoms with van der Waals surface area (Å²) >= 11 is 6.48. The first kappa shape index (κ1) is 14.2. The summed E-state index contributed by atoms with van der Waals surface area (Å²) in [5.74, 6) is 0. The molecule has 1 heterocycles. The fourth-order valence-electron chi connectivity index (χ4n) is 4.18. The Kier molecular flexibility index (Phi) is 2.72. The number of fused-ring (bicyclic) bond motifs is 9. The van der Waals surface area contributed by atoms with E-state index < -0.39 is 0 Å². The van der Waals surface area contributed by atoms with Crippen LogP contribution in [0.1, 0.15) is 0 Å². The molecule has 6 rings (SSSR count). The van der Waals surface area contributed by atoms with E-state index in [1.807, 2.05) is 18.2 Å². The van der Waals surface area contributed by atoms with Gasteiger partial charge in [0.05, 0.1) is 5.02 Å². The summed E-state index contributed by atoms with van der Waals surface area (Å²) in [7, 11) is 0. The largest absolute Gasteiger partial charge is 0.456 e. The highest BCUT2D eigenvalue weighted by Gasteiger charge is 2.14. The van der Waals surface area contributed by atoms with E-state index in [0.29, 0.717) is 0 Å². The molecule has 0 radical (unpaired) electrons. The Balaban J connectivity index is 1.96. The van der Waals surface area contributed by atoms with Crippen molar-refractivity contribution in [1.82, 2.24) is 0 Å². The average Bonchev–Trinajstić information content (AvgIpc) is 3.06. The number of halogens is 1. The zero-order valence-electron chi connectivity index (χ0n) is 13.8. The first-order valence-electron chi connectivity index (χ1n) is 8.65. The quantitative estimate of drug-likeness (QED) is 0.255. The van der Waals surface area contributed by atoms with Crippen LogP contribution in [0, 0.1) is 0 Å². The molecule has 2 heteroatoms. The third kappa shape index (κ3) is 1.76. The molecule has 0 saturated heterocycles. The lowest BCUT2D eigenvalue weighted by molar-refractivity contribution is 0.669. The van der Waals surface area contributed by atoms with E-state index in [9.17, 15) is 0 Å². The Morgan fingerprint density at radius 2 is 1.08 bits per heavy atom. The molecule has 0 aliphatic rings. The van der Waals surface area contributed by atoms with Gasteiger partial charge in [-0.2, -0.15) is 0 Å². The van der Waals surface area contributed by atoms with E-state index in [1.54, 1.807) is 0 Å². The van der Waals surface area contributed by atoms with Crippen LogP contribution in [-0.4, -0.2) is 0 Å². The van der Waals surface area contributed by atoms with E-state index in [4.69, 9.17) is 16.0 Å². The smallest absolute Gasteiger partial charge is 0.136 e. The monoisotopic (exact) mass is 352 g/mol. The topological polar surface area (TPSA) is 13.1 Å². The van der Waals surface area contributed by atoms with E-state index >= 15 is 0 Å². The van der Waals surface area contributed by atoms with Crippen LogP contribution in [0.15, 0.2) is 83.3 Å². The first-order valence-corrected chi connectivity index (χ1v) is 9.03. The SMILES string of the molecule is Clc1cccc2oc3cc4c5ccccc5c5ccccc5c4cc3c12. The third-order valence-electron chi connectivity index (χ3n) is 5.31. The lowest BCUT2D eigenvalue weighted by atomic mass is 9.93. The van der Waals surface area contributed by atoms with E-state index in [-0.39, 0.29) is 0 Å². The lowest BCUT2D eigenvalue weighted by Crippen LogP contribution is -1.83. The molecule has 0 spiro atoms. The number of benzene rings is 5. The number of hydrogen-bond donors (Lipinski definition) is 0. The number of rotatable bonds is 0. The Morgan fingerprint density at radius 3 is 1.73 bits per heavy atom. The van der Waals surface area contributed by atoms with Gasteiger partial charge in [-0.05, 0) is 56.6 Å². The molecule has 0 saturated carbocycles. The minimum Gasteiger partial charge on any atom is -0.456 e. The summed E-state index contributed by atoms with van der Waals surface area (Å²) in [6, 6.07) is 27.4. The summed E-state index contributed by atoms with van der Waals surface area (Å²) in [6.45, 7) is 0. The lowest BCUT2D eigenvalue weighted by Gasteiger charge is -2.10. The Morgan fingerprint density at radius 1 is 0.500 bits per heavy atom. The molecule has 0 aliphatic heterocycles. The van der Waals surface area contributed by atoms with Crippen molar-refractivity contribution >= 4 is 65.9 Å². The molecule has 0 bridgehead atoms. The second kappa shape index (κ2) is 5.00. The summed E-state index contributed by atoms with van der Waals surface area (Å²) in [6.07, 6.45) is 0. The molecule has 1 aromatic heterocycles. The molecule has 0 unspecified atom stereocenters. The molecular weight excluding hydrogens is 340 g/mol. The van der Waals surface area contributed by atoms with Crippen molar-refractivity contribution in [3.63, 3.8) is 0 Å². The predicted molar refractivity (Wildman–Crippen MR) is 111 cm³/mol. The fourth-order valence-corrected chi connectivity index (χ4v) is 4.45. The maximum absolute atomic E-state index is 6.48. The van der Waals surface area contributed by atoms with Crippen molar-refractivity contribution in [3.8, 4) is 0 Å². The molecule has 0 aliphatic carbocycles. The maximum Gasteiger partial charge on any atom is 0.136 e. The number of hydrogen-bond acceptors (Lipinski definition) is 1. The zero-order valence-corrected chi connectivity index (χ0v) is 14.5. The van der Waals surface area contributed by atoms with Crippen LogP contribution < -0.4 is 0 Å². The van der Waals surface area contributed by atoms with Gasteiger partial charge in [-0.1, -0.05) is 66.2 Å². The van der Waals surface area contributed by atoms with Crippen molar-refractivity contribution in [1.29, 1.82) is 0 Å². The van der Waals surface area contributed by atoms with Gasteiger partial charge in [0.15, 0.2) is 0 Å². The van der Waals surface area contributed by atoms with Crippen molar-refractivity contribution in [2.45, 2.75) is 0 Å². The highest BCUT2D eigenvalue weighted by Crippen LogP contribution is 2.41. The molecule has 122 valence electrons. The van der Waals surface area contributed by atoms with Crippen molar-refractivity contribution in [2.24, 2.45) is 0 Å². The van der Waals surface area contributed by atoms with Crippen LogP contribution >= 0.6 is 11.6 Å². The van der Waals surface area contributed by atoms with Crippen LogP contribution in [0.4, 0.5) is 0 Å². The van der Waals surface area contributed by atoms with Gasteiger partial charge in [0.25, 0.3) is 0 Å². The summed E-state index contributed by atoms with van der Waals surface area (Å²) in [5, 5.41) is 10.3. The minimum atomic E-state index is 0.727. The predicted octanol–water partition coefficient (Wildman–Crippen LogP) is 7.70. The molecule has 0 N–H and O–H groups in total. The van der Waals surface area contributed by atoms with Gasteiger partial charge in [-0.3, -0.25) is 0 Å². The molecule has 0 atom stereocenters. The highest BCUT2D eigenvalue weighted by atomic mass is 35.5. The van der Waals surface area contributed by atoms with Gasteiger partial charge < -0.3 is 4.42 Å². The maximum atomic E-state index is 6.48. The van der Waals surface area contributed by atoms with Gasteiger partial charge in [-0.25, -0.2) is 0 Å². The standard InChI is InChI=1S/C24H13ClO/c25-21-10-5-11-22-24(21)20-12-18-16-8-3-1-6-14(16)15-7-2-4-9-17(15)19(18)13-23(20)26-22/h1-13H. The molecule has 26 heavy (non-hydrogen) atoms. The summed E-state index contributed by atoms with van der Waals surface area (Å²) < 4.78 is 6.12. The molecule has 6 aromatic rings. The molecule has 5 aromatic carbocycles. The average molecular weight is 353 g/mol. The minimum absolute atomic E-state index is 0.727. The Hall–Kier alpha value is -3.03. The van der Waals surface area contributed by atoms with Crippen LogP contribution in [0.25, 0.3) is 54.3 Å². The highest BCUT2D eigenvalue weighted by molar-refractivity contribution is 6.38. The van der Waals surface area contributed by atoms with Gasteiger partial charge in [0.1, 0.15) is 11.2 Å². The van der Waals surface area contributed by atoms with E-state index in [2.05, 4.69) is 60.7 Å². The third-order valence-corrected chi connectivity index (χ3v) is 5.62. The van der Waals surface area contributed by atoms with Gasteiger partial charge in [0.2, 0.25) is 0 Å². The molecule has 0 amide bonds. The second-order valence-electron chi connectivity index (χ2n) is 6.70. The second-order valence-corrected chi connectivity index (χ2v) is 7.11. The summed E-state index contributed by atoms with van der Waals surface area (Å²) in [4.78, 5) is 0. The van der Waals surface area contributed by atoms with Crippen LogP contribution in [0.3, 0.4) is 0 Å². The van der Waals surface area contributed by atoms with Crippen molar-refractivity contribution < 1.29 is 4.42 Å². The molecule has 0 fully saturated rings. The fraction of sp³-hybridized carbons (Fsp3) is 0. The Labute approximate surface area is 154 Å². The van der Waals surface area contributed by atoms with Gasteiger partial charge in [-0.15, -0.1) is 0 Å². The van der Waals surface area contributed by atoms with Crippen LogP contribution in [-0.2, 0) is 0 Å². The van der Waals surface area contributed by atoms with Crippen molar-refractivity contribution in [3.05, 3.63) is 83.9 Å². The van der Waals surface area contributed by atoms with Crippen LogP contribution in [0.2, 0.25) is 5.02 Å². The van der Waals surface area contributed by atoms with Gasteiger partial charge >= 0.3 is 0 Å². The van der Waals surface area contributed by atoms with E-state index in [1.165, 1.54) is 32.3 Å². The van der Waals surface area contributed by atoms with Crippen molar-refractivity contribution in [2.75, 3.05) is 0 Å². The Bertz CT molecular complexity index is 1490. The molecular formula is C24H13ClO. The van der Waals surface area contributed by atoms with E-state index in [0.717, 1.165) is 27.0 Å². The number of furan rings is 1. The zero-order chi connectivity index (χ0) is 17.3. The first-order chi connectivity index (χ1) is 12.8. The molecule has 1 nitrogen and oxygen atoms in total. The van der Waals surface area contributed by atoms with Crippen LogP contribution in [0.5, 0.6) is 0 Å². The summed E-state index contributed by atoms with van der Waals surface area (Å²) in [5.41, 5.74) is 1.71. The normalized spacial score (nSPS) is 12.0. The van der Waals surface area contributed by atoms with Gasteiger partial charge in [0, 0.05) is 10.8 Å².